The number of carbonyl (C=O) groups is 1. The maximum Gasteiger partial charge on any atom is 0.338 e. The number of anilines is 1. The van der Waals surface area contributed by atoms with Crippen molar-refractivity contribution in [2.75, 3.05) is 5.73 Å². The Morgan fingerprint density at radius 1 is 1.44 bits per heavy atom. The summed E-state index contributed by atoms with van der Waals surface area (Å²) in [5.41, 5.74) is 6.81. The number of benzene rings is 1. The van der Waals surface area contributed by atoms with Gasteiger partial charge in [0, 0.05) is 5.69 Å². The highest BCUT2D eigenvalue weighted by Crippen LogP contribution is 2.29. The molecule has 98 valence electrons. The lowest BCUT2D eigenvalue weighted by Crippen LogP contribution is -2.25. The SMILES string of the molecule is CCC1CCCC(OC(=O)c2cccc(N)c2)C1. The highest BCUT2D eigenvalue weighted by molar-refractivity contribution is 5.90. The van der Waals surface area contributed by atoms with Crippen molar-refractivity contribution in [2.45, 2.75) is 45.1 Å². The molecule has 0 heterocycles. The van der Waals surface area contributed by atoms with Crippen LogP contribution in [0.25, 0.3) is 0 Å². The third-order valence-corrected chi connectivity index (χ3v) is 3.71. The van der Waals surface area contributed by atoms with E-state index in [2.05, 4.69) is 6.92 Å². The minimum atomic E-state index is -0.246. The third-order valence-electron chi connectivity index (χ3n) is 3.71. The van der Waals surface area contributed by atoms with E-state index in [-0.39, 0.29) is 12.1 Å². The predicted octanol–water partition coefficient (Wildman–Crippen LogP) is 3.39. The summed E-state index contributed by atoms with van der Waals surface area (Å²) in [5.74, 6) is 0.460. The fourth-order valence-electron chi connectivity index (χ4n) is 2.60. The Balaban J connectivity index is 1.95. The van der Waals surface area contributed by atoms with E-state index in [0.717, 1.165) is 19.3 Å². The van der Waals surface area contributed by atoms with E-state index < -0.39 is 0 Å². The number of esters is 1. The molecule has 2 N–H and O–H groups in total. The summed E-state index contributed by atoms with van der Waals surface area (Å²) in [5, 5.41) is 0. The Hall–Kier alpha value is -1.51. The van der Waals surface area contributed by atoms with Gasteiger partial charge in [0.05, 0.1) is 5.56 Å². The van der Waals surface area contributed by atoms with Gasteiger partial charge in [0.2, 0.25) is 0 Å². The summed E-state index contributed by atoms with van der Waals surface area (Å²) >= 11 is 0. The summed E-state index contributed by atoms with van der Waals surface area (Å²) in [4.78, 5) is 12.0. The van der Waals surface area contributed by atoms with Gasteiger partial charge in [0.15, 0.2) is 0 Å². The average molecular weight is 247 g/mol. The van der Waals surface area contributed by atoms with Gasteiger partial charge in [0.25, 0.3) is 0 Å². The standard InChI is InChI=1S/C15H21NO2/c1-2-11-5-3-8-14(9-11)18-15(17)12-6-4-7-13(16)10-12/h4,6-7,10-11,14H,2-3,5,8-9,16H2,1H3. The van der Waals surface area contributed by atoms with Crippen molar-refractivity contribution >= 4 is 11.7 Å². The van der Waals surface area contributed by atoms with E-state index in [4.69, 9.17) is 10.5 Å². The number of nitrogens with two attached hydrogens (primary N) is 1. The van der Waals surface area contributed by atoms with Gasteiger partial charge in [-0.25, -0.2) is 4.79 Å². The van der Waals surface area contributed by atoms with Crippen molar-refractivity contribution < 1.29 is 9.53 Å². The van der Waals surface area contributed by atoms with E-state index in [0.29, 0.717) is 17.2 Å². The smallest absolute Gasteiger partial charge is 0.338 e. The van der Waals surface area contributed by atoms with E-state index >= 15 is 0 Å². The van der Waals surface area contributed by atoms with Crippen LogP contribution in [0, 0.1) is 5.92 Å². The van der Waals surface area contributed by atoms with Crippen LogP contribution in [0.5, 0.6) is 0 Å². The lowest BCUT2D eigenvalue weighted by Gasteiger charge is -2.28. The normalized spacial score (nSPS) is 23.6. The number of rotatable bonds is 3. The Kier molecular flexibility index (Phi) is 4.24. The molecular formula is C15H21NO2. The van der Waals surface area contributed by atoms with Gasteiger partial charge in [-0.3, -0.25) is 0 Å². The molecule has 0 bridgehead atoms. The zero-order chi connectivity index (χ0) is 13.0. The molecular weight excluding hydrogens is 226 g/mol. The van der Waals surface area contributed by atoms with Crippen molar-refractivity contribution in [1.82, 2.24) is 0 Å². The molecule has 1 saturated carbocycles. The molecule has 0 radical (unpaired) electrons. The Labute approximate surface area is 108 Å². The molecule has 0 aromatic heterocycles. The summed E-state index contributed by atoms with van der Waals surface area (Å²) < 4.78 is 5.57. The topological polar surface area (TPSA) is 52.3 Å². The van der Waals surface area contributed by atoms with Gasteiger partial charge in [0.1, 0.15) is 6.10 Å². The second-order valence-corrected chi connectivity index (χ2v) is 5.09. The van der Waals surface area contributed by atoms with Crippen LogP contribution < -0.4 is 5.73 Å². The first-order chi connectivity index (χ1) is 8.69. The van der Waals surface area contributed by atoms with Crippen LogP contribution in [0.1, 0.15) is 49.4 Å². The quantitative estimate of drug-likeness (QED) is 0.658. The lowest BCUT2D eigenvalue weighted by atomic mass is 9.85. The summed E-state index contributed by atoms with van der Waals surface area (Å²) in [6.45, 7) is 2.20. The van der Waals surface area contributed by atoms with Crippen molar-refractivity contribution in [1.29, 1.82) is 0 Å². The largest absolute Gasteiger partial charge is 0.459 e. The van der Waals surface area contributed by atoms with Crippen LogP contribution in [-0.4, -0.2) is 12.1 Å². The van der Waals surface area contributed by atoms with Crippen LogP contribution in [0.15, 0.2) is 24.3 Å². The van der Waals surface area contributed by atoms with E-state index in [1.165, 1.54) is 12.8 Å². The molecule has 1 fully saturated rings. The van der Waals surface area contributed by atoms with E-state index in [9.17, 15) is 4.79 Å². The summed E-state index contributed by atoms with van der Waals surface area (Å²) in [7, 11) is 0. The molecule has 2 unspecified atom stereocenters. The second-order valence-electron chi connectivity index (χ2n) is 5.09. The fraction of sp³-hybridized carbons (Fsp3) is 0.533. The second kappa shape index (κ2) is 5.89. The molecule has 1 aliphatic rings. The molecule has 1 aliphatic carbocycles. The van der Waals surface area contributed by atoms with Crippen LogP contribution in [0.2, 0.25) is 0 Å². The number of nitrogen functional groups attached to an aromatic ring is 1. The monoisotopic (exact) mass is 247 g/mol. The highest BCUT2D eigenvalue weighted by atomic mass is 16.5. The number of hydrogen-bond acceptors (Lipinski definition) is 3. The molecule has 0 spiro atoms. The summed E-state index contributed by atoms with van der Waals surface area (Å²) in [6.07, 6.45) is 5.68. The number of carbonyl (C=O) groups excluding carboxylic acids is 1. The maximum atomic E-state index is 12.0. The van der Waals surface area contributed by atoms with Crippen LogP contribution in [-0.2, 0) is 4.74 Å². The van der Waals surface area contributed by atoms with Crippen molar-refractivity contribution in [2.24, 2.45) is 5.92 Å². The van der Waals surface area contributed by atoms with Crippen LogP contribution >= 0.6 is 0 Å². The average Bonchev–Trinajstić information content (AvgIpc) is 2.39. The van der Waals surface area contributed by atoms with E-state index in [1.54, 1.807) is 24.3 Å². The van der Waals surface area contributed by atoms with Crippen molar-refractivity contribution in [3.05, 3.63) is 29.8 Å². The fourth-order valence-corrected chi connectivity index (χ4v) is 2.60. The molecule has 3 nitrogen and oxygen atoms in total. The zero-order valence-electron chi connectivity index (χ0n) is 10.9. The van der Waals surface area contributed by atoms with Gasteiger partial charge in [-0.2, -0.15) is 0 Å². The first-order valence-electron chi connectivity index (χ1n) is 6.75. The molecule has 0 amide bonds. The molecule has 2 atom stereocenters. The lowest BCUT2D eigenvalue weighted by molar-refractivity contribution is 0.0140. The number of hydrogen-bond donors (Lipinski definition) is 1. The molecule has 2 rings (SSSR count). The number of ether oxygens (including phenoxy) is 1. The molecule has 3 heteroatoms. The van der Waals surface area contributed by atoms with Gasteiger partial charge >= 0.3 is 5.97 Å². The van der Waals surface area contributed by atoms with Gasteiger partial charge in [-0.15, -0.1) is 0 Å². The van der Waals surface area contributed by atoms with Crippen molar-refractivity contribution in [3.63, 3.8) is 0 Å². The van der Waals surface area contributed by atoms with E-state index in [1.807, 2.05) is 0 Å². The van der Waals surface area contributed by atoms with Gasteiger partial charge in [-0.05, 0) is 43.4 Å². The molecule has 1 aromatic carbocycles. The first-order valence-corrected chi connectivity index (χ1v) is 6.75. The van der Waals surface area contributed by atoms with Crippen LogP contribution in [0.3, 0.4) is 0 Å². The Morgan fingerprint density at radius 2 is 2.28 bits per heavy atom. The van der Waals surface area contributed by atoms with Gasteiger partial charge in [-0.1, -0.05) is 25.8 Å². The first kappa shape index (κ1) is 12.9. The third kappa shape index (κ3) is 3.25. The molecule has 1 aromatic rings. The minimum Gasteiger partial charge on any atom is -0.459 e. The van der Waals surface area contributed by atoms with Crippen LogP contribution in [0.4, 0.5) is 5.69 Å². The van der Waals surface area contributed by atoms with Gasteiger partial charge < -0.3 is 10.5 Å². The minimum absolute atomic E-state index is 0.0811. The summed E-state index contributed by atoms with van der Waals surface area (Å²) in [6, 6.07) is 6.97. The molecule has 0 aliphatic heterocycles. The van der Waals surface area contributed by atoms with Crippen molar-refractivity contribution in [3.8, 4) is 0 Å². The zero-order valence-corrected chi connectivity index (χ0v) is 10.9. The molecule has 18 heavy (non-hydrogen) atoms. The Morgan fingerprint density at radius 3 is 3.00 bits per heavy atom. The molecule has 0 saturated heterocycles. The Bertz CT molecular complexity index is 417. The highest BCUT2D eigenvalue weighted by Gasteiger charge is 2.24. The maximum absolute atomic E-state index is 12.0. The predicted molar refractivity (Wildman–Crippen MR) is 72.3 cm³/mol.